The van der Waals surface area contributed by atoms with E-state index in [4.69, 9.17) is 4.74 Å². The highest BCUT2D eigenvalue weighted by Gasteiger charge is 2.23. The number of nitrogens with zero attached hydrogens (tertiary/aromatic N) is 1. The van der Waals surface area contributed by atoms with E-state index in [1.165, 1.54) is 7.11 Å². The molecule has 2 aromatic rings. The zero-order valence-corrected chi connectivity index (χ0v) is 15.6. The second-order valence-corrected chi connectivity index (χ2v) is 6.77. The van der Waals surface area contributed by atoms with Crippen LogP contribution >= 0.6 is 0 Å². The van der Waals surface area contributed by atoms with Crippen LogP contribution in [-0.4, -0.2) is 30.0 Å². The number of fused-ring (bicyclic) bond motifs is 1. The monoisotopic (exact) mass is 342 g/mol. The molecule has 0 radical (unpaired) electrons. The Balaban J connectivity index is 2.22. The summed E-state index contributed by atoms with van der Waals surface area (Å²) < 4.78 is 4.80. The Morgan fingerprint density at radius 3 is 2.52 bits per heavy atom. The van der Waals surface area contributed by atoms with Crippen LogP contribution < -0.4 is 5.32 Å². The number of nitrogens with one attached hydrogen (secondary N) is 1. The summed E-state index contributed by atoms with van der Waals surface area (Å²) in [6, 6.07) is 7.27. The molecule has 5 nitrogen and oxygen atoms in total. The summed E-state index contributed by atoms with van der Waals surface area (Å²) in [5.41, 5.74) is 3.72. The predicted molar refractivity (Wildman–Crippen MR) is 98.3 cm³/mol. The van der Waals surface area contributed by atoms with Crippen molar-refractivity contribution < 1.29 is 14.3 Å². The summed E-state index contributed by atoms with van der Waals surface area (Å²) in [6.07, 6.45) is 0.743. The number of benzene rings is 1. The number of carbonyl (C=O) groups excluding carboxylic acids is 2. The second kappa shape index (κ2) is 8.10. The molecular formula is C20H26N2O3. The van der Waals surface area contributed by atoms with Gasteiger partial charge < -0.3 is 10.1 Å². The quantitative estimate of drug-likeness (QED) is 0.819. The van der Waals surface area contributed by atoms with Gasteiger partial charge in [-0.3, -0.25) is 9.78 Å². The van der Waals surface area contributed by atoms with Gasteiger partial charge in [0.15, 0.2) is 0 Å². The fourth-order valence-corrected chi connectivity index (χ4v) is 3.06. The summed E-state index contributed by atoms with van der Waals surface area (Å²) in [4.78, 5) is 29.0. The fourth-order valence-electron chi connectivity index (χ4n) is 3.06. The normalized spacial score (nSPS) is 12.2. The van der Waals surface area contributed by atoms with E-state index in [1.807, 2.05) is 52.0 Å². The summed E-state index contributed by atoms with van der Waals surface area (Å²) >= 11 is 0. The number of aromatic nitrogens is 1. The summed E-state index contributed by atoms with van der Waals surface area (Å²) in [5.74, 6) is -0.332. The number of rotatable bonds is 6. The first-order valence-corrected chi connectivity index (χ1v) is 8.55. The highest BCUT2D eigenvalue weighted by Crippen LogP contribution is 2.23. The first kappa shape index (κ1) is 18.9. The van der Waals surface area contributed by atoms with Gasteiger partial charge in [-0.25, -0.2) is 4.79 Å². The van der Waals surface area contributed by atoms with Crippen molar-refractivity contribution >= 4 is 22.8 Å². The molecule has 0 saturated carbocycles. The van der Waals surface area contributed by atoms with Gasteiger partial charge in [-0.15, -0.1) is 0 Å². The van der Waals surface area contributed by atoms with Crippen LogP contribution in [0.1, 0.15) is 37.1 Å². The lowest BCUT2D eigenvalue weighted by atomic mass is 9.98. The largest absolute Gasteiger partial charge is 0.467 e. The molecule has 1 amide bonds. The summed E-state index contributed by atoms with van der Waals surface area (Å²) in [7, 11) is 1.34. The minimum Gasteiger partial charge on any atom is -0.467 e. The predicted octanol–water partition coefficient (Wildman–Crippen LogP) is 3.10. The van der Waals surface area contributed by atoms with Crippen LogP contribution in [0, 0.1) is 19.8 Å². The maximum Gasteiger partial charge on any atom is 0.328 e. The van der Waals surface area contributed by atoms with Crippen LogP contribution in [-0.2, 0) is 20.7 Å². The number of para-hydroxylation sites is 1. The van der Waals surface area contributed by atoms with E-state index in [-0.39, 0.29) is 18.2 Å². The molecule has 0 fully saturated rings. The van der Waals surface area contributed by atoms with Crippen molar-refractivity contribution in [3.63, 3.8) is 0 Å². The molecule has 1 N–H and O–H groups in total. The Morgan fingerprint density at radius 2 is 1.88 bits per heavy atom. The third-order valence-corrected chi connectivity index (χ3v) is 4.35. The summed E-state index contributed by atoms with van der Waals surface area (Å²) in [5, 5.41) is 3.85. The van der Waals surface area contributed by atoms with E-state index in [2.05, 4.69) is 10.3 Å². The SMILES string of the molecule is COC(=O)C(CC(C)C)NC(=O)Cc1c(C)nc2ccccc2c1C. The first-order valence-electron chi connectivity index (χ1n) is 8.55. The molecule has 1 heterocycles. The van der Waals surface area contributed by atoms with E-state index in [0.29, 0.717) is 6.42 Å². The average Bonchev–Trinajstić information content (AvgIpc) is 2.57. The number of aryl methyl sites for hydroxylation is 2. The number of methoxy groups -OCH3 is 1. The molecule has 0 aliphatic rings. The molecule has 1 unspecified atom stereocenters. The average molecular weight is 342 g/mol. The van der Waals surface area contributed by atoms with E-state index >= 15 is 0 Å². The number of amides is 1. The van der Waals surface area contributed by atoms with Gasteiger partial charge in [0.1, 0.15) is 6.04 Å². The number of carbonyl (C=O) groups is 2. The first-order chi connectivity index (χ1) is 11.8. The lowest BCUT2D eigenvalue weighted by Crippen LogP contribution is -2.43. The van der Waals surface area contributed by atoms with Crippen LogP contribution in [0.4, 0.5) is 0 Å². The lowest BCUT2D eigenvalue weighted by molar-refractivity contribution is -0.145. The van der Waals surface area contributed by atoms with E-state index in [0.717, 1.165) is 27.7 Å². The lowest BCUT2D eigenvalue weighted by Gasteiger charge is -2.19. The van der Waals surface area contributed by atoms with Crippen molar-refractivity contribution in [1.82, 2.24) is 10.3 Å². The standard InChI is InChI=1S/C20H26N2O3/c1-12(2)10-18(20(24)25-5)22-19(23)11-16-13(3)15-8-6-7-9-17(15)21-14(16)4/h6-9,12,18H,10-11H2,1-5H3,(H,22,23). The topological polar surface area (TPSA) is 68.3 Å². The fraction of sp³-hybridized carbons (Fsp3) is 0.450. The smallest absolute Gasteiger partial charge is 0.328 e. The molecule has 134 valence electrons. The zero-order chi connectivity index (χ0) is 18.6. The molecule has 2 rings (SSSR count). The Bertz CT molecular complexity index is 784. The number of esters is 1. The van der Waals surface area contributed by atoms with Crippen molar-refractivity contribution in [3.05, 3.63) is 41.1 Å². The maximum absolute atomic E-state index is 12.5. The van der Waals surface area contributed by atoms with Gasteiger partial charge in [-0.05, 0) is 43.4 Å². The van der Waals surface area contributed by atoms with Crippen LogP contribution in [0.25, 0.3) is 10.9 Å². The maximum atomic E-state index is 12.5. The molecule has 0 spiro atoms. The third kappa shape index (κ3) is 4.56. The molecule has 0 bridgehead atoms. The Kier molecular flexibility index (Phi) is 6.12. The number of pyridine rings is 1. The van der Waals surface area contributed by atoms with Gasteiger partial charge in [0, 0.05) is 11.1 Å². The number of ether oxygens (including phenoxy) is 1. The van der Waals surface area contributed by atoms with Gasteiger partial charge in [0.25, 0.3) is 0 Å². The third-order valence-electron chi connectivity index (χ3n) is 4.35. The van der Waals surface area contributed by atoms with Crippen LogP contribution in [0.5, 0.6) is 0 Å². The zero-order valence-electron chi connectivity index (χ0n) is 15.6. The molecule has 0 aliphatic heterocycles. The van der Waals surface area contributed by atoms with Crippen LogP contribution in [0.15, 0.2) is 24.3 Å². The minimum absolute atomic E-state index is 0.195. The molecule has 0 saturated heterocycles. The molecule has 1 aromatic heterocycles. The molecule has 0 aliphatic carbocycles. The minimum atomic E-state index is -0.619. The Hall–Kier alpha value is -2.43. The molecule has 1 aromatic carbocycles. The summed E-state index contributed by atoms with van der Waals surface area (Å²) in [6.45, 7) is 7.92. The van der Waals surface area contributed by atoms with Crippen molar-refractivity contribution in [1.29, 1.82) is 0 Å². The molecular weight excluding hydrogens is 316 g/mol. The van der Waals surface area contributed by atoms with E-state index < -0.39 is 12.0 Å². The highest BCUT2D eigenvalue weighted by atomic mass is 16.5. The van der Waals surface area contributed by atoms with E-state index in [9.17, 15) is 9.59 Å². The van der Waals surface area contributed by atoms with Crippen molar-refractivity contribution in [2.24, 2.45) is 5.92 Å². The second-order valence-electron chi connectivity index (χ2n) is 6.77. The van der Waals surface area contributed by atoms with Crippen molar-refractivity contribution in [2.75, 3.05) is 7.11 Å². The van der Waals surface area contributed by atoms with Gasteiger partial charge >= 0.3 is 5.97 Å². The molecule has 5 heteroatoms. The van der Waals surface area contributed by atoms with Gasteiger partial charge in [0.05, 0.1) is 19.0 Å². The highest BCUT2D eigenvalue weighted by molar-refractivity contribution is 5.88. The van der Waals surface area contributed by atoms with Crippen molar-refractivity contribution in [3.8, 4) is 0 Å². The number of hydrogen-bond donors (Lipinski definition) is 1. The van der Waals surface area contributed by atoms with Crippen molar-refractivity contribution in [2.45, 2.75) is 46.6 Å². The molecule has 1 atom stereocenters. The van der Waals surface area contributed by atoms with Gasteiger partial charge in [0.2, 0.25) is 5.91 Å². The Labute approximate surface area is 148 Å². The van der Waals surface area contributed by atoms with Gasteiger partial charge in [-0.1, -0.05) is 32.0 Å². The molecule has 25 heavy (non-hydrogen) atoms. The Morgan fingerprint density at radius 1 is 1.20 bits per heavy atom. The number of hydrogen-bond acceptors (Lipinski definition) is 4. The van der Waals surface area contributed by atoms with E-state index in [1.54, 1.807) is 0 Å². The van der Waals surface area contributed by atoms with Crippen LogP contribution in [0.3, 0.4) is 0 Å². The van der Waals surface area contributed by atoms with Gasteiger partial charge in [-0.2, -0.15) is 0 Å². The van der Waals surface area contributed by atoms with Crippen LogP contribution in [0.2, 0.25) is 0 Å².